The van der Waals surface area contributed by atoms with Crippen LogP contribution in [-0.4, -0.2) is 41.8 Å². The van der Waals surface area contributed by atoms with Gasteiger partial charge in [0.2, 0.25) is 5.91 Å². The van der Waals surface area contributed by atoms with Crippen molar-refractivity contribution < 1.29 is 24.4 Å². The van der Waals surface area contributed by atoms with Gasteiger partial charge in [-0.1, -0.05) is 23.2 Å². The average Bonchev–Trinajstić information content (AvgIpc) is 3.21. The molecule has 10 nitrogen and oxygen atoms in total. The highest BCUT2D eigenvalue weighted by atomic mass is 35.5. The number of rotatable bonds is 5. The number of nitrogens with one attached hydrogen (secondary N) is 1. The summed E-state index contributed by atoms with van der Waals surface area (Å²) in [6.07, 6.45) is 3.78. The van der Waals surface area contributed by atoms with Crippen LogP contribution in [0.3, 0.4) is 0 Å². The fraction of sp³-hybridized carbons (Fsp3) is 0.333. The van der Waals surface area contributed by atoms with Crippen molar-refractivity contribution in [3.8, 4) is 16.9 Å². The van der Waals surface area contributed by atoms with E-state index in [1.54, 1.807) is 19.2 Å². The zero-order valence-electron chi connectivity index (χ0n) is 17.9. The topological polar surface area (TPSA) is 165 Å². The number of nitrogens with two attached hydrogens (primary N) is 2. The third kappa shape index (κ3) is 5.10. The van der Waals surface area contributed by atoms with Crippen LogP contribution >= 0.6 is 23.2 Å². The number of aromatic nitrogens is 3. The minimum Gasteiger partial charge on any atom is -0.482 e. The summed E-state index contributed by atoms with van der Waals surface area (Å²) in [7, 11) is 0. The molecule has 1 saturated heterocycles. The number of pyridine rings is 1. The summed E-state index contributed by atoms with van der Waals surface area (Å²) >= 11 is 12.3. The van der Waals surface area contributed by atoms with Crippen molar-refractivity contribution in [2.24, 2.45) is 5.73 Å². The number of ether oxygens (including phenoxy) is 1. The Hall–Kier alpha value is -2.51. The lowest BCUT2D eigenvalue weighted by molar-refractivity contribution is -0.259. The average molecular weight is 513 g/mol. The van der Waals surface area contributed by atoms with Crippen molar-refractivity contribution in [2.75, 3.05) is 5.73 Å². The molecule has 0 spiro atoms. The number of halogens is 3. The van der Waals surface area contributed by atoms with Gasteiger partial charge in [0.25, 0.3) is 0 Å². The summed E-state index contributed by atoms with van der Waals surface area (Å²) in [4.78, 5) is 4.16. The van der Waals surface area contributed by atoms with Gasteiger partial charge in [0, 0.05) is 46.9 Å². The number of benzene rings is 1. The molecule has 13 heteroatoms. The number of hydrogen-bond donors (Lipinski definition) is 6. The van der Waals surface area contributed by atoms with E-state index < -0.39 is 29.7 Å². The summed E-state index contributed by atoms with van der Waals surface area (Å²) in [5, 5.41) is 36.5. The Kier molecular flexibility index (Phi) is 6.46. The van der Waals surface area contributed by atoms with E-state index >= 15 is 0 Å². The zero-order chi connectivity index (χ0) is 24.8. The van der Waals surface area contributed by atoms with Crippen molar-refractivity contribution in [1.29, 1.82) is 0 Å². The van der Waals surface area contributed by atoms with Crippen LogP contribution in [0.1, 0.15) is 37.5 Å². The van der Waals surface area contributed by atoms with Crippen LogP contribution < -0.4 is 21.5 Å². The van der Waals surface area contributed by atoms with Crippen LogP contribution in [0.2, 0.25) is 10.0 Å². The zero-order valence-corrected chi connectivity index (χ0v) is 19.4. The molecular weight excluding hydrogens is 490 g/mol. The lowest BCUT2D eigenvalue weighted by Crippen LogP contribution is -2.68. The van der Waals surface area contributed by atoms with Crippen molar-refractivity contribution >= 4 is 29.0 Å². The van der Waals surface area contributed by atoms with Gasteiger partial charge in [0.15, 0.2) is 17.4 Å². The first kappa shape index (κ1) is 24.6. The van der Waals surface area contributed by atoms with E-state index in [-0.39, 0.29) is 40.0 Å². The molecule has 1 fully saturated rings. The molecule has 1 aliphatic rings. The maximum absolute atomic E-state index is 13.9. The smallest absolute Gasteiger partial charge is 0.227 e. The van der Waals surface area contributed by atoms with Gasteiger partial charge in [0.1, 0.15) is 11.9 Å². The molecular formula is C21H23Cl2FN6O4. The monoisotopic (exact) mass is 512 g/mol. The summed E-state index contributed by atoms with van der Waals surface area (Å²) in [6, 6.07) is 3.59. The minimum atomic E-state index is -2.36. The van der Waals surface area contributed by atoms with E-state index in [0.29, 0.717) is 11.1 Å². The lowest BCUT2D eigenvalue weighted by Gasteiger charge is -2.41. The fourth-order valence-electron chi connectivity index (χ4n) is 3.95. The van der Waals surface area contributed by atoms with Crippen LogP contribution in [0.4, 0.5) is 10.2 Å². The predicted octanol–water partition coefficient (Wildman–Crippen LogP) is 2.28. The molecule has 3 aromatic rings. The molecule has 0 radical (unpaired) electrons. The molecule has 3 atom stereocenters. The van der Waals surface area contributed by atoms with Crippen LogP contribution in [0.25, 0.3) is 11.1 Å². The molecule has 3 heterocycles. The highest BCUT2D eigenvalue weighted by molar-refractivity contribution is 6.36. The first-order valence-corrected chi connectivity index (χ1v) is 11.0. The molecule has 2 aromatic heterocycles. The summed E-state index contributed by atoms with van der Waals surface area (Å²) in [5.74, 6) is -4.66. The number of hydrogen-bond acceptors (Lipinski definition) is 9. The molecule has 0 bridgehead atoms. The van der Waals surface area contributed by atoms with E-state index in [0.717, 1.165) is 0 Å². The van der Waals surface area contributed by atoms with Gasteiger partial charge >= 0.3 is 0 Å². The lowest BCUT2D eigenvalue weighted by atomic mass is 9.99. The molecule has 1 aliphatic heterocycles. The SMILES string of the molecule is CC(Oc1cc(-c2cnn(C3CC(N)(O)NC(O)(O)C3)c2)cnc1N)c1c(Cl)ccc(F)c1Cl. The third-order valence-corrected chi connectivity index (χ3v) is 6.18. The second kappa shape index (κ2) is 8.93. The highest BCUT2D eigenvalue weighted by Crippen LogP contribution is 2.37. The van der Waals surface area contributed by atoms with Crippen molar-refractivity contribution in [3.63, 3.8) is 0 Å². The number of nitrogens with zero attached hydrogens (tertiary/aromatic N) is 3. The van der Waals surface area contributed by atoms with Gasteiger partial charge in [-0.05, 0) is 25.1 Å². The minimum absolute atomic E-state index is 0.0159. The Morgan fingerprint density at radius 3 is 2.68 bits per heavy atom. The largest absolute Gasteiger partial charge is 0.482 e. The maximum atomic E-state index is 13.9. The fourth-order valence-corrected chi connectivity index (χ4v) is 4.63. The van der Waals surface area contributed by atoms with Gasteiger partial charge in [-0.2, -0.15) is 5.10 Å². The molecule has 0 aliphatic carbocycles. The van der Waals surface area contributed by atoms with Gasteiger partial charge in [-0.3, -0.25) is 10.4 Å². The van der Waals surface area contributed by atoms with Crippen molar-refractivity contribution in [3.05, 3.63) is 58.2 Å². The highest BCUT2D eigenvalue weighted by Gasteiger charge is 2.44. The number of nitrogen functional groups attached to an aromatic ring is 1. The van der Waals surface area contributed by atoms with Crippen LogP contribution in [-0.2, 0) is 0 Å². The van der Waals surface area contributed by atoms with E-state index in [1.807, 2.05) is 0 Å². The molecule has 0 amide bonds. The Bertz CT molecular complexity index is 1210. The summed E-state index contributed by atoms with van der Waals surface area (Å²) < 4.78 is 21.3. The van der Waals surface area contributed by atoms with E-state index in [1.165, 1.54) is 29.2 Å². The number of piperidine rings is 1. The van der Waals surface area contributed by atoms with E-state index in [4.69, 9.17) is 39.4 Å². The second-order valence-electron chi connectivity index (χ2n) is 8.26. The predicted molar refractivity (Wildman–Crippen MR) is 123 cm³/mol. The molecule has 4 rings (SSSR count). The molecule has 34 heavy (non-hydrogen) atoms. The molecule has 182 valence electrons. The summed E-state index contributed by atoms with van der Waals surface area (Å²) in [6.45, 7) is 1.65. The Labute approximate surface area is 203 Å². The second-order valence-corrected chi connectivity index (χ2v) is 9.05. The van der Waals surface area contributed by atoms with Gasteiger partial charge in [-0.25, -0.2) is 14.7 Å². The van der Waals surface area contributed by atoms with E-state index in [9.17, 15) is 19.7 Å². The van der Waals surface area contributed by atoms with Gasteiger partial charge in [-0.15, -0.1) is 0 Å². The maximum Gasteiger partial charge on any atom is 0.227 e. The van der Waals surface area contributed by atoms with Crippen LogP contribution in [0.15, 0.2) is 36.8 Å². The Balaban J connectivity index is 1.59. The number of aliphatic hydroxyl groups is 3. The third-order valence-electron chi connectivity index (χ3n) is 5.46. The molecule has 1 aromatic carbocycles. The first-order valence-electron chi connectivity index (χ1n) is 10.2. The number of anilines is 1. The normalized spacial score (nSPS) is 23.0. The Morgan fingerprint density at radius 2 is 1.97 bits per heavy atom. The van der Waals surface area contributed by atoms with Gasteiger partial charge in [0.05, 0.1) is 17.3 Å². The van der Waals surface area contributed by atoms with Crippen molar-refractivity contribution in [2.45, 2.75) is 43.7 Å². The van der Waals surface area contributed by atoms with E-state index in [2.05, 4.69) is 15.4 Å². The molecule has 3 unspecified atom stereocenters. The standard InChI is InChI=1S/C21H23Cl2FN6O4/c1-10(17-14(22)2-3-15(24)18(17)23)34-16-4-11(7-27-19(16)25)12-8-28-30(9-12)13-5-20(26,31)29-21(32,33)6-13/h2-4,7-10,13,29,31-33H,5-6,26H2,1H3,(H2,25,27). The van der Waals surface area contributed by atoms with Crippen molar-refractivity contribution in [1.82, 2.24) is 20.1 Å². The molecule has 0 saturated carbocycles. The first-order chi connectivity index (χ1) is 15.8. The quantitative estimate of drug-likeness (QED) is 0.222. The van der Waals surface area contributed by atoms with Crippen LogP contribution in [0, 0.1) is 5.82 Å². The Morgan fingerprint density at radius 1 is 1.24 bits per heavy atom. The molecule has 8 N–H and O–H groups in total. The summed E-state index contributed by atoms with van der Waals surface area (Å²) in [5.41, 5.74) is 13.1. The van der Waals surface area contributed by atoms with Gasteiger partial charge < -0.3 is 25.8 Å². The van der Waals surface area contributed by atoms with Crippen LogP contribution in [0.5, 0.6) is 5.75 Å².